The van der Waals surface area contributed by atoms with Gasteiger partial charge >= 0.3 is 23.9 Å². The van der Waals surface area contributed by atoms with E-state index in [1.54, 1.807) is 6.92 Å². The first-order valence-electron chi connectivity index (χ1n) is 8.59. The number of aliphatic carboxylic acids is 4. The predicted octanol–water partition coefficient (Wildman–Crippen LogP) is -1.22. The second-order valence-corrected chi connectivity index (χ2v) is 6.98. The summed E-state index contributed by atoms with van der Waals surface area (Å²) in [7, 11) is 0. The van der Waals surface area contributed by atoms with Gasteiger partial charge in [0.15, 0.2) is 0 Å². The van der Waals surface area contributed by atoms with Gasteiger partial charge in [0.25, 0.3) is 0 Å². The average Bonchev–Trinajstić information content (AvgIpc) is 2.69. The van der Waals surface area contributed by atoms with Crippen LogP contribution in [0.1, 0.15) is 19.8 Å². The minimum Gasteiger partial charge on any atom is -0.481 e. The number of carboxylic acids is 4. The molecule has 0 bridgehead atoms. The smallest absolute Gasteiger partial charge is 0.317 e. The maximum Gasteiger partial charge on any atom is 0.317 e. The molecule has 0 saturated carbocycles. The molecule has 0 unspecified atom stereocenters. The molecule has 1 saturated heterocycles. The van der Waals surface area contributed by atoms with E-state index >= 15 is 0 Å². The summed E-state index contributed by atoms with van der Waals surface area (Å²) in [6.07, 6.45) is -0.188. The Morgan fingerprint density at radius 1 is 0.778 bits per heavy atom. The molecule has 1 aliphatic rings. The highest BCUT2D eigenvalue weighted by Crippen LogP contribution is 2.22. The molecule has 0 aliphatic carbocycles. The molecule has 4 N–H and O–H groups in total. The maximum absolute atomic E-state index is 11.2. The van der Waals surface area contributed by atoms with Crippen LogP contribution in [0.4, 0.5) is 0 Å². The fourth-order valence-electron chi connectivity index (χ4n) is 3.31. The standard InChI is InChI=1S/C16H27N3O8/c1-16(19(8-14(24)25)9-15(26)27)10-17(4-2-12(20)21)6-7-18(11-16)5-3-13(22)23/h2-11H2,1H3,(H,20,21)(H,22,23)(H,24,25)(H,26,27). The Labute approximate surface area is 156 Å². The molecule has 0 aromatic rings. The van der Waals surface area contributed by atoms with Crippen LogP contribution in [0, 0.1) is 0 Å². The third-order valence-electron chi connectivity index (χ3n) is 4.56. The molecule has 11 nitrogen and oxygen atoms in total. The van der Waals surface area contributed by atoms with Gasteiger partial charge in [-0.25, -0.2) is 0 Å². The van der Waals surface area contributed by atoms with E-state index in [4.69, 9.17) is 10.2 Å². The second kappa shape index (κ2) is 10.2. The SMILES string of the molecule is CC1(N(CC(=O)O)CC(=O)O)CN(CCC(=O)O)CCN(CCC(=O)O)C1. The zero-order chi connectivity index (χ0) is 20.6. The molecule has 1 aliphatic heterocycles. The number of carboxylic acid groups (broad SMARTS) is 4. The summed E-state index contributed by atoms with van der Waals surface area (Å²) in [4.78, 5) is 49.3. The molecule has 0 atom stereocenters. The van der Waals surface area contributed by atoms with Gasteiger partial charge in [-0.3, -0.25) is 33.9 Å². The number of nitrogens with zero attached hydrogens (tertiary/aromatic N) is 3. The van der Waals surface area contributed by atoms with E-state index in [-0.39, 0.29) is 39.0 Å². The lowest BCUT2D eigenvalue weighted by atomic mass is 9.97. The van der Waals surface area contributed by atoms with E-state index in [1.807, 2.05) is 9.80 Å². The first-order valence-corrected chi connectivity index (χ1v) is 8.59. The van der Waals surface area contributed by atoms with Crippen molar-refractivity contribution in [3.8, 4) is 0 Å². The van der Waals surface area contributed by atoms with Crippen LogP contribution in [0.5, 0.6) is 0 Å². The van der Waals surface area contributed by atoms with Crippen molar-refractivity contribution in [1.82, 2.24) is 14.7 Å². The van der Waals surface area contributed by atoms with Gasteiger partial charge in [0.1, 0.15) is 0 Å². The maximum atomic E-state index is 11.2. The summed E-state index contributed by atoms with van der Waals surface area (Å²) in [6.45, 7) is 2.77. The Balaban J connectivity index is 3.05. The van der Waals surface area contributed by atoms with Crippen LogP contribution in [0.25, 0.3) is 0 Å². The van der Waals surface area contributed by atoms with Crippen LogP contribution in [-0.4, -0.2) is 117 Å². The van der Waals surface area contributed by atoms with Crippen molar-refractivity contribution >= 4 is 23.9 Å². The van der Waals surface area contributed by atoms with Gasteiger partial charge in [0, 0.05) is 44.8 Å². The van der Waals surface area contributed by atoms with Crippen LogP contribution < -0.4 is 0 Å². The zero-order valence-electron chi connectivity index (χ0n) is 15.3. The summed E-state index contributed by atoms with van der Waals surface area (Å²) in [5, 5.41) is 36.2. The van der Waals surface area contributed by atoms with Gasteiger partial charge in [0.2, 0.25) is 0 Å². The van der Waals surface area contributed by atoms with E-state index < -0.39 is 42.5 Å². The molecule has 0 amide bonds. The van der Waals surface area contributed by atoms with Gasteiger partial charge in [0.05, 0.1) is 25.9 Å². The molecule has 11 heteroatoms. The van der Waals surface area contributed by atoms with Gasteiger partial charge in [-0.1, -0.05) is 0 Å². The minimum atomic E-state index is -1.17. The van der Waals surface area contributed by atoms with Crippen molar-refractivity contribution in [2.24, 2.45) is 0 Å². The molecule has 1 fully saturated rings. The van der Waals surface area contributed by atoms with Gasteiger partial charge in [-0.2, -0.15) is 0 Å². The van der Waals surface area contributed by atoms with Crippen molar-refractivity contribution < 1.29 is 39.6 Å². The summed E-state index contributed by atoms with van der Waals surface area (Å²) < 4.78 is 0. The number of carbonyl (C=O) groups is 4. The summed E-state index contributed by atoms with van der Waals surface area (Å²) in [5.74, 6) is -4.26. The monoisotopic (exact) mass is 389 g/mol. The van der Waals surface area contributed by atoms with Crippen molar-refractivity contribution in [2.75, 3.05) is 52.4 Å². The quantitative estimate of drug-likeness (QED) is 0.335. The second-order valence-electron chi connectivity index (χ2n) is 6.98. The lowest BCUT2D eigenvalue weighted by Crippen LogP contribution is -2.60. The third kappa shape index (κ3) is 8.33. The van der Waals surface area contributed by atoms with E-state index in [9.17, 15) is 29.4 Å². The molecule has 154 valence electrons. The summed E-state index contributed by atoms with van der Waals surface area (Å²) >= 11 is 0. The molecule has 27 heavy (non-hydrogen) atoms. The minimum absolute atomic E-state index is 0.0942. The van der Waals surface area contributed by atoms with Crippen LogP contribution in [0.15, 0.2) is 0 Å². The fourth-order valence-corrected chi connectivity index (χ4v) is 3.31. The topological polar surface area (TPSA) is 159 Å². The Morgan fingerprint density at radius 3 is 1.44 bits per heavy atom. The van der Waals surface area contributed by atoms with E-state index in [1.165, 1.54) is 4.90 Å². The first-order chi connectivity index (χ1) is 12.5. The molecular formula is C16H27N3O8. The third-order valence-corrected chi connectivity index (χ3v) is 4.56. The van der Waals surface area contributed by atoms with Gasteiger partial charge < -0.3 is 20.4 Å². The molecule has 0 aromatic carbocycles. The fraction of sp³-hybridized carbons (Fsp3) is 0.750. The number of hydrogen-bond donors (Lipinski definition) is 4. The summed E-state index contributed by atoms with van der Waals surface area (Å²) in [5.41, 5.74) is -0.899. The van der Waals surface area contributed by atoms with E-state index in [0.29, 0.717) is 13.1 Å². The summed E-state index contributed by atoms with van der Waals surface area (Å²) in [6, 6.07) is 0. The lowest BCUT2D eigenvalue weighted by Gasteiger charge is -2.42. The Kier molecular flexibility index (Phi) is 8.60. The molecule has 0 spiro atoms. The molecule has 0 aromatic heterocycles. The predicted molar refractivity (Wildman–Crippen MR) is 92.6 cm³/mol. The molecule has 1 heterocycles. The highest BCUT2D eigenvalue weighted by atomic mass is 16.4. The van der Waals surface area contributed by atoms with Crippen molar-refractivity contribution in [1.29, 1.82) is 0 Å². The van der Waals surface area contributed by atoms with E-state index in [2.05, 4.69) is 0 Å². The highest BCUT2D eigenvalue weighted by molar-refractivity contribution is 5.73. The number of rotatable bonds is 11. The van der Waals surface area contributed by atoms with Gasteiger partial charge in [-0.15, -0.1) is 0 Å². The molecule has 1 rings (SSSR count). The lowest BCUT2D eigenvalue weighted by molar-refractivity contribution is -0.145. The largest absolute Gasteiger partial charge is 0.481 e. The van der Waals surface area contributed by atoms with E-state index in [0.717, 1.165) is 0 Å². The van der Waals surface area contributed by atoms with Crippen molar-refractivity contribution in [2.45, 2.75) is 25.3 Å². The Bertz CT molecular complexity index is 524. The van der Waals surface area contributed by atoms with Gasteiger partial charge in [-0.05, 0) is 6.92 Å². The number of hydrogen-bond acceptors (Lipinski definition) is 7. The Hall–Kier alpha value is -2.24. The Morgan fingerprint density at radius 2 is 1.15 bits per heavy atom. The van der Waals surface area contributed by atoms with Crippen LogP contribution in [0.2, 0.25) is 0 Å². The highest BCUT2D eigenvalue weighted by Gasteiger charge is 2.39. The molecular weight excluding hydrogens is 362 g/mol. The van der Waals surface area contributed by atoms with Crippen LogP contribution in [0.3, 0.4) is 0 Å². The zero-order valence-corrected chi connectivity index (χ0v) is 15.3. The first kappa shape index (κ1) is 22.8. The average molecular weight is 389 g/mol. The van der Waals surface area contributed by atoms with Crippen molar-refractivity contribution in [3.63, 3.8) is 0 Å². The normalized spacial score (nSPS) is 18.1. The van der Waals surface area contributed by atoms with Crippen molar-refractivity contribution in [3.05, 3.63) is 0 Å². The molecule has 0 radical (unpaired) electrons. The van der Waals surface area contributed by atoms with Crippen LogP contribution >= 0.6 is 0 Å². The van der Waals surface area contributed by atoms with Crippen LogP contribution in [-0.2, 0) is 19.2 Å².